The van der Waals surface area contributed by atoms with E-state index in [2.05, 4.69) is 15.8 Å². The first-order valence-electron chi connectivity index (χ1n) is 9.79. The minimum absolute atomic E-state index is 0.0788. The predicted molar refractivity (Wildman–Crippen MR) is 130 cm³/mol. The molecule has 3 aromatic rings. The average molecular weight is 501 g/mol. The molecule has 0 aromatic heterocycles. The molecule has 2 N–H and O–H groups in total. The molecule has 0 aliphatic rings. The Morgan fingerprint density at radius 3 is 2.47 bits per heavy atom. The van der Waals surface area contributed by atoms with E-state index in [0.29, 0.717) is 11.3 Å². The number of anilines is 1. The van der Waals surface area contributed by atoms with Crippen LogP contribution in [-0.4, -0.2) is 29.6 Å². The molecular formula is C23H18Cl2N4O5. The number of nitrogens with one attached hydrogen (secondary N) is 2. The van der Waals surface area contributed by atoms with E-state index >= 15 is 0 Å². The Balaban J connectivity index is 1.59. The number of hydrazone groups is 1. The van der Waals surface area contributed by atoms with E-state index in [-0.39, 0.29) is 39.6 Å². The van der Waals surface area contributed by atoms with Gasteiger partial charge >= 0.3 is 0 Å². The van der Waals surface area contributed by atoms with Crippen molar-refractivity contribution >= 4 is 52.6 Å². The van der Waals surface area contributed by atoms with Gasteiger partial charge < -0.3 is 10.1 Å². The summed E-state index contributed by atoms with van der Waals surface area (Å²) >= 11 is 12.5. The van der Waals surface area contributed by atoms with Crippen LogP contribution in [0.2, 0.25) is 10.0 Å². The lowest BCUT2D eigenvalue weighted by molar-refractivity contribution is -0.384. The maximum absolute atomic E-state index is 12.1. The fraction of sp³-hybridized carbons (Fsp3) is 0.0870. The van der Waals surface area contributed by atoms with E-state index in [1.807, 2.05) is 25.1 Å². The van der Waals surface area contributed by atoms with Crippen molar-refractivity contribution in [3.05, 3.63) is 97.5 Å². The smallest absolute Gasteiger partial charge is 0.271 e. The zero-order valence-corrected chi connectivity index (χ0v) is 19.3. The lowest BCUT2D eigenvalue weighted by atomic mass is 10.2. The van der Waals surface area contributed by atoms with Crippen LogP contribution in [0.5, 0.6) is 5.75 Å². The van der Waals surface area contributed by atoms with Gasteiger partial charge in [-0.05, 0) is 48.4 Å². The van der Waals surface area contributed by atoms with Crippen LogP contribution in [0.3, 0.4) is 0 Å². The van der Waals surface area contributed by atoms with E-state index in [1.54, 1.807) is 6.07 Å². The molecule has 0 saturated carbocycles. The molecule has 0 atom stereocenters. The summed E-state index contributed by atoms with van der Waals surface area (Å²) < 4.78 is 5.47. The van der Waals surface area contributed by atoms with E-state index in [4.69, 9.17) is 27.9 Å². The highest BCUT2D eigenvalue weighted by Gasteiger charge is 2.13. The van der Waals surface area contributed by atoms with E-state index in [9.17, 15) is 19.7 Å². The van der Waals surface area contributed by atoms with Gasteiger partial charge in [0.1, 0.15) is 0 Å². The van der Waals surface area contributed by atoms with Crippen molar-refractivity contribution in [2.45, 2.75) is 6.92 Å². The van der Waals surface area contributed by atoms with Crippen molar-refractivity contribution in [3.8, 4) is 5.75 Å². The van der Waals surface area contributed by atoms with Gasteiger partial charge in [0.25, 0.3) is 17.5 Å². The Morgan fingerprint density at radius 2 is 1.79 bits per heavy atom. The largest absolute Gasteiger partial charge is 0.481 e. The molecule has 174 valence electrons. The maximum Gasteiger partial charge on any atom is 0.271 e. The summed E-state index contributed by atoms with van der Waals surface area (Å²) in [6, 6.07) is 15.5. The Bertz CT molecular complexity index is 1260. The first kappa shape index (κ1) is 24.7. The Kier molecular flexibility index (Phi) is 8.18. The van der Waals surface area contributed by atoms with Gasteiger partial charge in [-0.1, -0.05) is 41.4 Å². The molecule has 0 unspecified atom stereocenters. The summed E-state index contributed by atoms with van der Waals surface area (Å²) in [6.45, 7) is 1.61. The number of hydrogen-bond donors (Lipinski definition) is 2. The van der Waals surface area contributed by atoms with Crippen LogP contribution < -0.4 is 15.5 Å². The van der Waals surface area contributed by atoms with Crippen LogP contribution in [0.25, 0.3) is 0 Å². The molecule has 0 bridgehead atoms. The third-order valence-electron chi connectivity index (χ3n) is 4.37. The quantitative estimate of drug-likeness (QED) is 0.256. The third-order valence-corrected chi connectivity index (χ3v) is 4.93. The number of hydrogen-bond acceptors (Lipinski definition) is 6. The number of aryl methyl sites for hydroxylation is 1. The van der Waals surface area contributed by atoms with Gasteiger partial charge in [-0.25, -0.2) is 5.43 Å². The Hall–Kier alpha value is -3.95. The predicted octanol–water partition coefficient (Wildman–Crippen LogP) is 4.99. The summed E-state index contributed by atoms with van der Waals surface area (Å²) in [5.74, 6) is -0.885. The Morgan fingerprint density at radius 1 is 1.09 bits per heavy atom. The highest BCUT2D eigenvalue weighted by atomic mass is 35.5. The molecule has 0 heterocycles. The average Bonchev–Trinajstić information content (AvgIpc) is 2.78. The van der Waals surface area contributed by atoms with E-state index in [1.165, 1.54) is 36.5 Å². The monoisotopic (exact) mass is 500 g/mol. The number of nitro groups is 1. The summed E-state index contributed by atoms with van der Waals surface area (Å²) in [5.41, 5.74) is 4.24. The molecule has 0 aliphatic heterocycles. The van der Waals surface area contributed by atoms with Gasteiger partial charge in [0, 0.05) is 23.4 Å². The molecule has 0 saturated heterocycles. The number of rotatable bonds is 8. The number of ether oxygens (including phenoxy) is 1. The van der Waals surface area contributed by atoms with Crippen molar-refractivity contribution in [2.24, 2.45) is 5.10 Å². The van der Waals surface area contributed by atoms with Crippen molar-refractivity contribution in [3.63, 3.8) is 0 Å². The third kappa shape index (κ3) is 6.77. The van der Waals surface area contributed by atoms with Crippen molar-refractivity contribution < 1.29 is 19.2 Å². The minimum atomic E-state index is -0.628. The number of amides is 2. The van der Waals surface area contributed by atoms with Crippen molar-refractivity contribution in [1.29, 1.82) is 0 Å². The maximum atomic E-state index is 12.1. The van der Waals surface area contributed by atoms with Crippen LogP contribution >= 0.6 is 23.2 Å². The van der Waals surface area contributed by atoms with Crippen molar-refractivity contribution in [1.82, 2.24) is 5.43 Å². The number of carbonyl (C=O) groups excluding carboxylic acids is 2. The fourth-order valence-electron chi connectivity index (χ4n) is 2.84. The molecular weight excluding hydrogens is 483 g/mol. The van der Waals surface area contributed by atoms with Crippen LogP contribution in [0.15, 0.2) is 65.8 Å². The van der Waals surface area contributed by atoms with Crippen LogP contribution in [0, 0.1) is 17.0 Å². The second-order valence-electron chi connectivity index (χ2n) is 7.03. The number of halogens is 2. The van der Waals surface area contributed by atoms with Gasteiger partial charge in [0.15, 0.2) is 12.4 Å². The summed E-state index contributed by atoms with van der Waals surface area (Å²) in [6.07, 6.45) is 1.29. The molecule has 9 nitrogen and oxygen atoms in total. The number of carbonyl (C=O) groups is 2. The summed E-state index contributed by atoms with van der Waals surface area (Å²) in [5, 5.41) is 17.6. The van der Waals surface area contributed by atoms with Crippen molar-refractivity contribution in [2.75, 3.05) is 11.9 Å². The SMILES string of the molecule is Cc1cccc(NC(=O)COc2c(Cl)cc(/C=N/NC(=O)c3cccc([N+](=O)[O-])c3)cc2Cl)c1. The van der Waals surface area contributed by atoms with E-state index < -0.39 is 10.8 Å². The van der Waals surface area contributed by atoms with Crippen LogP contribution in [0.4, 0.5) is 11.4 Å². The van der Waals surface area contributed by atoms with Gasteiger partial charge in [0.2, 0.25) is 0 Å². The van der Waals surface area contributed by atoms with Gasteiger partial charge in [-0.3, -0.25) is 19.7 Å². The van der Waals surface area contributed by atoms with Crippen LogP contribution in [0.1, 0.15) is 21.5 Å². The highest BCUT2D eigenvalue weighted by molar-refractivity contribution is 6.37. The zero-order valence-electron chi connectivity index (χ0n) is 17.7. The minimum Gasteiger partial charge on any atom is -0.481 e. The van der Waals surface area contributed by atoms with E-state index in [0.717, 1.165) is 11.6 Å². The molecule has 0 spiro atoms. The fourth-order valence-corrected chi connectivity index (χ4v) is 3.45. The lowest BCUT2D eigenvalue weighted by Gasteiger charge is -2.11. The lowest BCUT2D eigenvalue weighted by Crippen LogP contribution is -2.20. The normalized spacial score (nSPS) is 10.7. The molecule has 3 aromatic carbocycles. The summed E-state index contributed by atoms with van der Waals surface area (Å²) in [7, 11) is 0. The Labute approximate surface area is 204 Å². The molecule has 34 heavy (non-hydrogen) atoms. The first-order chi connectivity index (χ1) is 16.2. The zero-order chi connectivity index (χ0) is 24.7. The standard InChI is InChI=1S/C23H18Cl2N4O5/c1-14-4-2-6-17(8-14)27-21(30)13-34-22-19(24)9-15(10-20(22)25)12-26-28-23(31)16-5-3-7-18(11-16)29(32)33/h2-12H,13H2,1H3,(H,27,30)(H,28,31)/b26-12+. The topological polar surface area (TPSA) is 123 Å². The number of non-ortho nitro benzene ring substituents is 1. The highest BCUT2D eigenvalue weighted by Crippen LogP contribution is 2.33. The van der Waals surface area contributed by atoms with Gasteiger partial charge in [-0.15, -0.1) is 0 Å². The first-order valence-corrected chi connectivity index (χ1v) is 10.5. The molecule has 0 radical (unpaired) electrons. The molecule has 3 rings (SSSR count). The number of nitro benzene ring substituents is 1. The molecule has 0 fully saturated rings. The van der Waals surface area contributed by atoms with Crippen LogP contribution in [-0.2, 0) is 4.79 Å². The number of benzene rings is 3. The second kappa shape index (κ2) is 11.3. The molecule has 0 aliphatic carbocycles. The molecule has 2 amide bonds. The second-order valence-corrected chi connectivity index (χ2v) is 7.84. The number of nitrogens with zero attached hydrogens (tertiary/aromatic N) is 2. The molecule has 11 heteroatoms. The van der Waals surface area contributed by atoms with Gasteiger partial charge in [-0.2, -0.15) is 5.10 Å². The summed E-state index contributed by atoms with van der Waals surface area (Å²) in [4.78, 5) is 34.5. The van der Waals surface area contributed by atoms with Gasteiger partial charge in [0.05, 0.1) is 21.2 Å².